The van der Waals surface area contributed by atoms with Gasteiger partial charge in [-0.3, -0.25) is 4.90 Å². The molecule has 2 rings (SSSR count). The second kappa shape index (κ2) is 9.67. The largest absolute Gasteiger partial charge is 0.444 e. The van der Waals surface area contributed by atoms with E-state index in [1.807, 2.05) is 51.1 Å². The molecule has 0 fully saturated rings. The van der Waals surface area contributed by atoms with Gasteiger partial charge in [-0.05, 0) is 50.0 Å². The Kier molecular flexibility index (Phi) is 7.94. The Bertz CT molecular complexity index is 732. The van der Waals surface area contributed by atoms with Gasteiger partial charge < -0.3 is 13.9 Å². The predicted octanol–water partition coefficient (Wildman–Crippen LogP) is 5.77. The van der Waals surface area contributed by atoms with Gasteiger partial charge in [-0.25, -0.2) is 4.79 Å². The monoisotopic (exact) mass is 433 g/mol. The summed E-state index contributed by atoms with van der Waals surface area (Å²) in [6.07, 6.45) is 1.80. The number of carbonyl (C=O) groups is 1. The number of ether oxygens (including phenoxy) is 2. The molecule has 1 aromatic rings. The van der Waals surface area contributed by atoms with E-state index in [9.17, 15) is 4.79 Å². The molecule has 0 N–H and O–H groups in total. The number of benzene rings is 1. The fraction of sp³-hybridized carbons (Fsp3) is 0.625. The molecule has 0 saturated heterocycles. The van der Waals surface area contributed by atoms with Gasteiger partial charge in [0.05, 0.1) is 25.9 Å². The topological polar surface area (TPSA) is 48.0 Å². The van der Waals surface area contributed by atoms with Crippen LogP contribution in [-0.4, -0.2) is 50.7 Å². The Labute approximate surface area is 183 Å². The maximum absolute atomic E-state index is 12.8. The van der Waals surface area contributed by atoms with Gasteiger partial charge in [-0.2, -0.15) is 0 Å². The van der Waals surface area contributed by atoms with Gasteiger partial charge in [0, 0.05) is 6.54 Å². The van der Waals surface area contributed by atoms with Gasteiger partial charge >= 0.3 is 6.09 Å². The minimum atomic E-state index is -1.86. The molecule has 0 saturated carbocycles. The van der Waals surface area contributed by atoms with Crippen LogP contribution in [0, 0.1) is 0 Å². The molecule has 5 nitrogen and oxygen atoms in total. The summed E-state index contributed by atoms with van der Waals surface area (Å²) in [4.78, 5) is 14.5. The van der Waals surface area contributed by atoms with E-state index in [4.69, 9.17) is 13.9 Å². The summed E-state index contributed by atoms with van der Waals surface area (Å²) in [5.41, 5.74) is 1.69. The van der Waals surface area contributed by atoms with Crippen molar-refractivity contribution in [3.8, 4) is 0 Å². The summed E-state index contributed by atoms with van der Waals surface area (Å²) in [7, 11) is -1.86. The first-order chi connectivity index (χ1) is 13.8. The third-order valence-corrected chi connectivity index (χ3v) is 10.1. The molecule has 0 aliphatic carbocycles. The molecule has 0 aromatic heterocycles. The molecule has 0 unspecified atom stereocenters. The molecular weight excluding hydrogens is 394 g/mol. The van der Waals surface area contributed by atoms with E-state index in [0.29, 0.717) is 26.4 Å². The SMILES string of the molecule is CC(C)(C)OC(=O)N1CC(CO[Si](C)(C)C(C)(C)C)=C[C@H]1COCc1ccccc1. The minimum absolute atomic E-state index is 0.148. The number of hydrogen-bond donors (Lipinski definition) is 0. The van der Waals surface area contributed by atoms with Crippen LogP contribution in [0.4, 0.5) is 4.79 Å². The van der Waals surface area contributed by atoms with Crippen molar-refractivity contribution in [1.82, 2.24) is 4.90 Å². The fourth-order valence-electron chi connectivity index (χ4n) is 2.86. The highest BCUT2D eigenvalue weighted by Crippen LogP contribution is 2.37. The molecule has 6 heteroatoms. The Hall–Kier alpha value is -1.63. The first-order valence-electron chi connectivity index (χ1n) is 10.7. The third kappa shape index (κ3) is 7.25. The van der Waals surface area contributed by atoms with Crippen molar-refractivity contribution in [3.05, 3.63) is 47.5 Å². The van der Waals surface area contributed by atoms with Gasteiger partial charge in [0.1, 0.15) is 5.60 Å². The van der Waals surface area contributed by atoms with E-state index in [1.165, 1.54) is 0 Å². The quantitative estimate of drug-likeness (QED) is 0.404. The maximum atomic E-state index is 12.8. The van der Waals surface area contributed by atoms with Gasteiger partial charge in [0.2, 0.25) is 0 Å². The van der Waals surface area contributed by atoms with E-state index in [-0.39, 0.29) is 17.2 Å². The van der Waals surface area contributed by atoms with Crippen molar-refractivity contribution in [2.75, 3.05) is 19.8 Å². The Balaban J connectivity index is 2.03. The minimum Gasteiger partial charge on any atom is -0.444 e. The van der Waals surface area contributed by atoms with Gasteiger partial charge in [0.25, 0.3) is 0 Å². The summed E-state index contributed by atoms with van der Waals surface area (Å²) < 4.78 is 17.9. The molecule has 0 bridgehead atoms. The second-order valence-corrected chi connectivity index (χ2v) is 15.4. The lowest BCUT2D eigenvalue weighted by atomic mass is 10.2. The molecule has 30 heavy (non-hydrogen) atoms. The zero-order valence-corrected chi connectivity index (χ0v) is 21.0. The molecule has 0 radical (unpaired) electrons. The number of carbonyl (C=O) groups excluding carboxylic acids is 1. The van der Waals surface area contributed by atoms with Crippen molar-refractivity contribution in [3.63, 3.8) is 0 Å². The Morgan fingerprint density at radius 3 is 2.27 bits per heavy atom. The number of rotatable bonds is 7. The summed E-state index contributed by atoms with van der Waals surface area (Å²) in [5, 5.41) is 0.148. The Morgan fingerprint density at radius 1 is 1.07 bits per heavy atom. The first-order valence-corrected chi connectivity index (χ1v) is 13.6. The number of hydrogen-bond acceptors (Lipinski definition) is 4. The summed E-state index contributed by atoms with van der Waals surface area (Å²) in [6, 6.07) is 9.90. The van der Waals surface area contributed by atoms with Crippen LogP contribution >= 0.6 is 0 Å². The summed E-state index contributed by atoms with van der Waals surface area (Å²) in [5.74, 6) is 0. The maximum Gasteiger partial charge on any atom is 0.411 e. The van der Waals surface area contributed by atoms with E-state index >= 15 is 0 Å². The third-order valence-electron chi connectivity index (χ3n) is 5.65. The predicted molar refractivity (Wildman–Crippen MR) is 124 cm³/mol. The standard InChI is InChI=1S/C24H39NO4Si/c1-23(2,3)29-22(26)25-15-20(17-28-30(7,8)24(4,5)6)14-21(25)18-27-16-19-12-10-9-11-13-19/h9-14,21H,15-18H2,1-8H3/t21-/m0/s1. The van der Waals surface area contributed by atoms with Crippen LogP contribution in [0.5, 0.6) is 0 Å². The molecular formula is C24H39NO4Si. The van der Waals surface area contributed by atoms with Gasteiger partial charge in [-0.15, -0.1) is 0 Å². The first kappa shape index (κ1) is 24.6. The van der Waals surface area contributed by atoms with E-state index in [0.717, 1.165) is 11.1 Å². The summed E-state index contributed by atoms with van der Waals surface area (Å²) >= 11 is 0. The van der Waals surface area contributed by atoms with Crippen LogP contribution in [0.2, 0.25) is 18.1 Å². The summed E-state index contributed by atoms with van der Waals surface area (Å²) in [6.45, 7) is 18.8. The lowest BCUT2D eigenvalue weighted by Gasteiger charge is -2.36. The smallest absolute Gasteiger partial charge is 0.411 e. The van der Waals surface area contributed by atoms with Crippen LogP contribution in [0.15, 0.2) is 42.0 Å². The van der Waals surface area contributed by atoms with Crippen molar-refractivity contribution in [2.24, 2.45) is 0 Å². The fourth-order valence-corrected chi connectivity index (χ4v) is 3.84. The molecule has 1 atom stereocenters. The highest BCUT2D eigenvalue weighted by Gasteiger charge is 2.38. The van der Waals surface area contributed by atoms with E-state index in [1.54, 1.807) is 4.90 Å². The molecule has 1 aromatic carbocycles. The zero-order chi connectivity index (χ0) is 22.6. The van der Waals surface area contributed by atoms with Crippen LogP contribution in [0.3, 0.4) is 0 Å². The van der Waals surface area contributed by atoms with Gasteiger partial charge in [-0.1, -0.05) is 57.2 Å². The van der Waals surface area contributed by atoms with E-state index < -0.39 is 13.9 Å². The number of nitrogens with zero attached hydrogens (tertiary/aromatic N) is 1. The molecule has 168 valence electrons. The molecule has 0 spiro atoms. The molecule has 1 heterocycles. The lowest BCUT2D eigenvalue weighted by molar-refractivity contribution is 0.0118. The van der Waals surface area contributed by atoms with Crippen molar-refractivity contribution < 1.29 is 18.7 Å². The lowest BCUT2D eigenvalue weighted by Crippen LogP contribution is -2.43. The normalized spacial score (nSPS) is 17.8. The highest BCUT2D eigenvalue weighted by molar-refractivity contribution is 6.74. The van der Waals surface area contributed by atoms with Crippen LogP contribution in [-0.2, 0) is 20.5 Å². The highest BCUT2D eigenvalue weighted by atomic mass is 28.4. The van der Waals surface area contributed by atoms with Crippen molar-refractivity contribution in [1.29, 1.82) is 0 Å². The van der Waals surface area contributed by atoms with Crippen molar-refractivity contribution >= 4 is 14.4 Å². The molecule has 1 aliphatic rings. The van der Waals surface area contributed by atoms with Crippen LogP contribution in [0.1, 0.15) is 47.1 Å². The molecule has 1 amide bonds. The average molecular weight is 434 g/mol. The van der Waals surface area contributed by atoms with Gasteiger partial charge in [0.15, 0.2) is 8.32 Å². The number of amides is 1. The Morgan fingerprint density at radius 2 is 1.70 bits per heavy atom. The second-order valence-electron chi connectivity index (χ2n) is 10.6. The molecule has 1 aliphatic heterocycles. The van der Waals surface area contributed by atoms with Crippen LogP contribution < -0.4 is 0 Å². The zero-order valence-electron chi connectivity index (χ0n) is 20.0. The van der Waals surface area contributed by atoms with Crippen LogP contribution in [0.25, 0.3) is 0 Å². The average Bonchev–Trinajstić information content (AvgIpc) is 3.02. The van der Waals surface area contributed by atoms with Crippen molar-refractivity contribution in [2.45, 2.75) is 77.9 Å². The van der Waals surface area contributed by atoms with E-state index in [2.05, 4.69) is 39.9 Å².